The molecule has 0 aromatic rings. The van der Waals surface area contributed by atoms with E-state index in [2.05, 4.69) is 5.32 Å². The van der Waals surface area contributed by atoms with E-state index in [4.69, 9.17) is 4.74 Å². The number of ether oxygens (including phenoxy) is 1. The number of hydrogen-bond acceptors (Lipinski definition) is 6. The van der Waals surface area contributed by atoms with Crippen LogP contribution < -0.4 is 5.32 Å². The van der Waals surface area contributed by atoms with E-state index < -0.39 is 15.2 Å². The standard InChI is InChI=1S/C11H20N2O4S2/c1-12-9-6-17-5-8(9)11(14)13-3-4-18-7-10(13)19(2,15)16/h8-10,12H,3-7H2,1-2H3. The summed E-state index contributed by atoms with van der Waals surface area (Å²) in [6.45, 7) is 1.36. The lowest BCUT2D eigenvalue weighted by atomic mass is 10.0. The molecule has 2 aliphatic rings. The fraction of sp³-hybridized carbons (Fsp3) is 0.909. The molecule has 0 aromatic carbocycles. The van der Waals surface area contributed by atoms with Gasteiger partial charge in [0.25, 0.3) is 0 Å². The van der Waals surface area contributed by atoms with Gasteiger partial charge in [-0.25, -0.2) is 8.42 Å². The van der Waals surface area contributed by atoms with Crippen molar-refractivity contribution in [3.8, 4) is 0 Å². The summed E-state index contributed by atoms with van der Waals surface area (Å²) in [5.41, 5.74) is 0. The Morgan fingerprint density at radius 1 is 1.42 bits per heavy atom. The second-order valence-corrected chi connectivity index (χ2v) is 8.28. The quantitative estimate of drug-likeness (QED) is 0.733. The predicted octanol–water partition coefficient (Wildman–Crippen LogP) is -0.833. The van der Waals surface area contributed by atoms with Crippen LogP contribution >= 0.6 is 11.8 Å². The summed E-state index contributed by atoms with van der Waals surface area (Å²) in [7, 11) is -1.46. The number of carbonyl (C=O) groups excluding carboxylic acids is 1. The van der Waals surface area contributed by atoms with E-state index in [1.165, 1.54) is 11.2 Å². The van der Waals surface area contributed by atoms with Gasteiger partial charge in [0, 0.05) is 30.3 Å². The Morgan fingerprint density at radius 3 is 2.79 bits per heavy atom. The number of likely N-dealkylation sites (N-methyl/N-ethyl adjacent to an activating group) is 1. The van der Waals surface area contributed by atoms with Crippen LogP contribution in [-0.2, 0) is 19.4 Å². The Hall–Kier alpha value is -0.310. The molecule has 0 aliphatic carbocycles. The second-order valence-electron chi connectivity index (χ2n) is 4.93. The molecule has 19 heavy (non-hydrogen) atoms. The summed E-state index contributed by atoms with van der Waals surface area (Å²) in [6.07, 6.45) is 1.20. The number of sulfone groups is 1. The van der Waals surface area contributed by atoms with Crippen LogP contribution in [0.4, 0.5) is 0 Å². The molecule has 110 valence electrons. The van der Waals surface area contributed by atoms with Crippen LogP contribution in [-0.4, -0.2) is 75.2 Å². The Kier molecular flexibility index (Phi) is 4.75. The zero-order chi connectivity index (χ0) is 14.0. The number of nitrogens with zero attached hydrogens (tertiary/aromatic N) is 1. The third-order valence-corrected chi connectivity index (χ3v) is 6.27. The van der Waals surface area contributed by atoms with Crippen molar-refractivity contribution < 1.29 is 17.9 Å². The topological polar surface area (TPSA) is 75.7 Å². The number of thioether (sulfide) groups is 1. The van der Waals surface area contributed by atoms with Crippen LogP contribution in [0.3, 0.4) is 0 Å². The summed E-state index contributed by atoms with van der Waals surface area (Å²) < 4.78 is 29.0. The molecule has 6 nitrogen and oxygen atoms in total. The van der Waals surface area contributed by atoms with Gasteiger partial charge in [-0.1, -0.05) is 0 Å². The first-order valence-electron chi connectivity index (χ1n) is 6.27. The molecule has 1 N–H and O–H groups in total. The molecule has 2 rings (SSSR count). The van der Waals surface area contributed by atoms with Crippen molar-refractivity contribution in [2.24, 2.45) is 5.92 Å². The number of hydrogen-bond donors (Lipinski definition) is 1. The van der Waals surface area contributed by atoms with Gasteiger partial charge < -0.3 is 15.0 Å². The van der Waals surface area contributed by atoms with Crippen molar-refractivity contribution in [3.05, 3.63) is 0 Å². The molecule has 8 heteroatoms. The maximum absolute atomic E-state index is 12.6. The summed E-state index contributed by atoms with van der Waals surface area (Å²) in [6, 6.07) is -0.0257. The lowest BCUT2D eigenvalue weighted by Crippen LogP contribution is -2.54. The monoisotopic (exact) mass is 308 g/mol. The maximum atomic E-state index is 12.6. The van der Waals surface area contributed by atoms with Crippen LogP contribution in [0.5, 0.6) is 0 Å². The minimum absolute atomic E-state index is 0.0257. The highest BCUT2D eigenvalue weighted by Gasteiger charge is 2.41. The Labute approximate surface area is 118 Å². The molecule has 0 saturated carbocycles. The zero-order valence-corrected chi connectivity index (χ0v) is 12.8. The highest BCUT2D eigenvalue weighted by molar-refractivity contribution is 8.00. The molecule has 2 aliphatic heterocycles. The highest BCUT2D eigenvalue weighted by Crippen LogP contribution is 2.25. The van der Waals surface area contributed by atoms with E-state index in [-0.39, 0.29) is 17.9 Å². The summed E-state index contributed by atoms with van der Waals surface area (Å²) in [5, 5.41) is 2.36. The van der Waals surface area contributed by atoms with Gasteiger partial charge >= 0.3 is 0 Å². The van der Waals surface area contributed by atoms with Gasteiger partial charge in [-0.05, 0) is 7.05 Å². The minimum Gasteiger partial charge on any atom is -0.379 e. The lowest BCUT2D eigenvalue weighted by molar-refractivity contribution is -0.136. The summed E-state index contributed by atoms with van der Waals surface area (Å²) in [4.78, 5) is 14.1. The Morgan fingerprint density at radius 2 is 2.16 bits per heavy atom. The van der Waals surface area contributed by atoms with Gasteiger partial charge in [-0.2, -0.15) is 11.8 Å². The summed E-state index contributed by atoms with van der Waals surface area (Å²) >= 11 is 1.58. The van der Waals surface area contributed by atoms with Crippen molar-refractivity contribution in [1.29, 1.82) is 0 Å². The second kappa shape index (κ2) is 5.99. The molecule has 0 bridgehead atoms. The molecule has 2 fully saturated rings. The van der Waals surface area contributed by atoms with Gasteiger partial charge in [0.2, 0.25) is 5.91 Å². The van der Waals surface area contributed by atoms with Crippen molar-refractivity contribution in [3.63, 3.8) is 0 Å². The van der Waals surface area contributed by atoms with Gasteiger partial charge in [0.05, 0.1) is 19.1 Å². The van der Waals surface area contributed by atoms with Gasteiger partial charge in [-0.15, -0.1) is 0 Å². The summed E-state index contributed by atoms with van der Waals surface area (Å²) in [5.74, 6) is 0.864. The van der Waals surface area contributed by atoms with Crippen molar-refractivity contribution in [2.45, 2.75) is 11.4 Å². The van der Waals surface area contributed by atoms with E-state index in [1.54, 1.807) is 18.8 Å². The molecule has 0 radical (unpaired) electrons. The van der Waals surface area contributed by atoms with Gasteiger partial charge in [-0.3, -0.25) is 4.79 Å². The molecular formula is C11H20N2O4S2. The molecule has 3 atom stereocenters. The first-order chi connectivity index (χ1) is 8.95. The van der Waals surface area contributed by atoms with E-state index in [0.29, 0.717) is 25.5 Å². The molecule has 2 saturated heterocycles. The van der Waals surface area contributed by atoms with Gasteiger partial charge in [0.15, 0.2) is 9.84 Å². The van der Waals surface area contributed by atoms with Gasteiger partial charge in [0.1, 0.15) is 5.37 Å². The van der Waals surface area contributed by atoms with Crippen LogP contribution in [0, 0.1) is 5.92 Å². The number of amides is 1. The smallest absolute Gasteiger partial charge is 0.230 e. The van der Waals surface area contributed by atoms with Crippen molar-refractivity contribution >= 4 is 27.5 Å². The minimum atomic E-state index is -3.25. The van der Waals surface area contributed by atoms with Crippen molar-refractivity contribution in [2.75, 3.05) is 44.6 Å². The number of rotatable bonds is 3. The molecular weight excluding hydrogens is 288 g/mol. The first kappa shape index (κ1) is 15.1. The number of nitrogens with one attached hydrogen (secondary N) is 1. The van der Waals surface area contributed by atoms with E-state index in [1.807, 2.05) is 0 Å². The molecule has 2 heterocycles. The Bertz CT molecular complexity index is 440. The van der Waals surface area contributed by atoms with Crippen LogP contribution in [0.25, 0.3) is 0 Å². The third kappa shape index (κ3) is 3.24. The fourth-order valence-corrected chi connectivity index (χ4v) is 5.31. The molecule has 3 unspecified atom stereocenters. The molecule has 0 aromatic heterocycles. The largest absolute Gasteiger partial charge is 0.379 e. The molecule has 1 amide bonds. The van der Waals surface area contributed by atoms with Crippen molar-refractivity contribution in [1.82, 2.24) is 10.2 Å². The van der Waals surface area contributed by atoms with Crippen LogP contribution in [0.1, 0.15) is 0 Å². The van der Waals surface area contributed by atoms with E-state index in [9.17, 15) is 13.2 Å². The number of carbonyl (C=O) groups is 1. The molecule has 0 spiro atoms. The lowest BCUT2D eigenvalue weighted by Gasteiger charge is -2.36. The normalized spacial score (nSPS) is 32.5. The fourth-order valence-electron chi connectivity index (χ4n) is 2.48. The van der Waals surface area contributed by atoms with Crippen LogP contribution in [0.2, 0.25) is 0 Å². The zero-order valence-electron chi connectivity index (χ0n) is 11.2. The Balaban J connectivity index is 2.16. The predicted molar refractivity (Wildman–Crippen MR) is 74.8 cm³/mol. The SMILES string of the molecule is CNC1COCC1C(=O)N1CCSCC1S(C)(=O)=O. The van der Waals surface area contributed by atoms with E-state index in [0.717, 1.165) is 5.75 Å². The van der Waals surface area contributed by atoms with E-state index >= 15 is 0 Å². The maximum Gasteiger partial charge on any atom is 0.230 e. The van der Waals surface area contributed by atoms with Crippen LogP contribution in [0.15, 0.2) is 0 Å². The first-order valence-corrected chi connectivity index (χ1v) is 9.38. The highest BCUT2D eigenvalue weighted by atomic mass is 32.2. The average Bonchev–Trinajstić information content (AvgIpc) is 2.85. The average molecular weight is 308 g/mol. The third-order valence-electron chi connectivity index (χ3n) is 3.63.